The van der Waals surface area contributed by atoms with Crippen LogP contribution in [0.25, 0.3) is 0 Å². The van der Waals surface area contributed by atoms with Crippen molar-refractivity contribution < 1.29 is 9.50 Å². The summed E-state index contributed by atoms with van der Waals surface area (Å²) in [6.45, 7) is 2.10. The maximum atomic E-state index is 13.1. The molecule has 1 heterocycles. The van der Waals surface area contributed by atoms with E-state index in [1.54, 1.807) is 12.1 Å². The molecule has 0 spiro atoms. The standard InChI is InChI=1S/C13H18ClFN2O/c1-16-9-13(18)4-6-17(7-5-13)10-2-3-12(15)11(14)8-10/h2-3,8,16,18H,4-7,9H2,1H3. The van der Waals surface area contributed by atoms with Crippen molar-refractivity contribution in [2.45, 2.75) is 18.4 Å². The number of piperidine rings is 1. The van der Waals surface area contributed by atoms with Gasteiger partial charge in [-0.05, 0) is 38.1 Å². The number of halogens is 2. The molecule has 0 aromatic heterocycles. The lowest BCUT2D eigenvalue weighted by Crippen LogP contribution is -2.49. The molecular formula is C13H18ClFN2O. The third-order valence-electron chi connectivity index (χ3n) is 3.47. The molecule has 0 radical (unpaired) electrons. The minimum absolute atomic E-state index is 0.142. The minimum Gasteiger partial charge on any atom is -0.388 e. The molecule has 0 aliphatic carbocycles. The van der Waals surface area contributed by atoms with E-state index < -0.39 is 11.4 Å². The van der Waals surface area contributed by atoms with Crippen LogP contribution >= 0.6 is 11.6 Å². The minimum atomic E-state index is -0.630. The molecular weight excluding hydrogens is 255 g/mol. The highest BCUT2D eigenvalue weighted by Crippen LogP contribution is 2.28. The van der Waals surface area contributed by atoms with Crippen LogP contribution in [0.15, 0.2) is 18.2 Å². The van der Waals surface area contributed by atoms with Crippen LogP contribution in [0.2, 0.25) is 5.02 Å². The number of hydrogen-bond acceptors (Lipinski definition) is 3. The Morgan fingerprint density at radius 3 is 2.67 bits per heavy atom. The zero-order chi connectivity index (χ0) is 13.2. The highest BCUT2D eigenvalue weighted by molar-refractivity contribution is 6.31. The summed E-state index contributed by atoms with van der Waals surface area (Å²) >= 11 is 5.78. The number of aliphatic hydroxyl groups is 1. The molecule has 1 aromatic carbocycles. The van der Waals surface area contributed by atoms with Crippen molar-refractivity contribution in [2.75, 3.05) is 31.6 Å². The van der Waals surface area contributed by atoms with Crippen molar-refractivity contribution in [1.29, 1.82) is 0 Å². The van der Waals surface area contributed by atoms with Gasteiger partial charge < -0.3 is 15.3 Å². The van der Waals surface area contributed by atoms with Crippen LogP contribution in [0.1, 0.15) is 12.8 Å². The highest BCUT2D eigenvalue weighted by atomic mass is 35.5. The molecule has 1 aliphatic heterocycles. The van der Waals surface area contributed by atoms with Crippen molar-refractivity contribution in [1.82, 2.24) is 5.32 Å². The molecule has 0 unspecified atom stereocenters. The molecule has 1 aromatic rings. The maximum Gasteiger partial charge on any atom is 0.141 e. The molecule has 5 heteroatoms. The summed E-state index contributed by atoms with van der Waals surface area (Å²) in [6, 6.07) is 4.75. The van der Waals surface area contributed by atoms with E-state index in [4.69, 9.17) is 11.6 Å². The summed E-state index contributed by atoms with van der Waals surface area (Å²) in [6.07, 6.45) is 1.39. The van der Waals surface area contributed by atoms with Gasteiger partial charge in [0.1, 0.15) is 5.82 Å². The Morgan fingerprint density at radius 2 is 2.11 bits per heavy atom. The summed E-state index contributed by atoms with van der Waals surface area (Å²) in [4.78, 5) is 2.12. The Morgan fingerprint density at radius 1 is 1.44 bits per heavy atom. The molecule has 0 amide bonds. The van der Waals surface area contributed by atoms with Gasteiger partial charge in [-0.2, -0.15) is 0 Å². The number of nitrogens with zero attached hydrogens (tertiary/aromatic N) is 1. The topological polar surface area (TPSA) is 35.5 Å². The van der Waals surface area contributed by atoms with Crippen LogP contribution in [-0.2, 0) is 0 Å². The van der Waals surface area contributed by atoms with Crippen LogP contribution in [0.5, 0.6) is 0 Å². The van der Waals surface area contributed by atoms with E-state index >= 15 is 0 Å². The Balaban J connectivity index is 2.03. The van der Waals surface area contributed by atoms with Crippen molar-refractivity contribution >= 4 is 17.3 Å². The zero-order valence-corrected chi connectivity index (χ0v) is 11.2. The van der Waals surface area contributed by atoms with E-state index in [1.165, 1.54) is 6.07 Å². The lowest BCUT2D eigenvalue weighted by molar-refractivity contribution is 0.0185. The number of likely N-dealkylation sites (N-methyl/N-ethyl adjacent to an activating group) is 1. The van der Waals surface area contributed by atoms with Gasteiger partial charge >= 0.3 is 0 Å². The predicted octanol–water partition coefficient (Wildman–Crippen LogP) is 2.03. The Kier molecular flexibility index (Phi) is 4.10. The first-order valence-electron chi connectivity index (χ1n) is 6.11. The van der Waals surface area contributed by atoms with Crippen molar-refractivity contribution in [2.24, 2.45) is 0 Å². The number of benzene rings is 1. The van der Waals surface area contributed by atoms with Gasteiger partial charge in [-0.25, -0.2) is 4.39 Å². The fourth-order valence-corrected chi connectivity index (χ4v) is 2.54. The molecule has 18 heavy (non-hydrogen) atoms. The van der Waals surface area contributed by atoms with Gasteiger partial charge in [-0.1, -0.05) is 11.6 Å². The SMILES string of the molecule is CNCC1(O)CCN(c2ccc(F)c(Cl)c2)CC1. The highest BCUT2D eigenvalue weighted by Gasteiger charge is 2.31. The first kappa shape index (κ1) is 13.6. The van der Waals surface area contributed by atoms with E-state index in [9.17, 15) is 9.50 Å². The molecule has 100 valence electrons. The summed E-state index contributed by atoms with van der Waals surface area (Å²) in [7, 11) is 1.84. The number of hydrogen-bond donors (Lipinski definition) is 2. The van der Waals surface area contributed by atoms with Crippen LogP contribution in [0.3, 0.4) is 0 Å². The van der Waals surface area contributed by atoms with E-state index in [-0.39, 0.29) is 5.02 Å². The third kappa shape index (κ3) is 2.94. The van der Waals surface area contributed by atoms with Crippen LogP contribution < -0.4 is 10.2 Å². The van der Waals surface area contributed by atoms with Gasteiger partial charge in [-0.15, -0.1) is 0 Å². The van der Waals surface area contributed by atoms with Crippen LogP contribution in [0, 0.1) is 5.82 Å². The average Bonchev–Trinajstić information content (AvgIpc) is 2.34. The second kappa shape index (κ2) is 5.43. The van der Waals surface area contributed by atoms with Crippen LogP contribution in [-0.4, -0.2) is 37.4 Å². The number of rotatable bonds is 3. The number of nitrogens with one attached hydrogen (secondary N) is 1. The molecule has 0 atom stereocenters. The zero-order valence-electron chi connectivity index (χ0n) is 10.4. The van der Waals surface area contributed by atoms with E-state index in [0.717, 1.165) is 18.8 Å². The van der Waals surface area contributed by atoms with Gasteiger partial charge in [0.2, 0.25) is 0 Å². The normalized spacial score (nSPS) is 19.0. The third-order valence-corrected chi connectivity index (χ3v) is 3.76. The van der Waals surface area contributed by atoms with Gasteiger partial charge in [-0.3, -0.25) is 0 Å². The Hall–Kier alpha value is -0.840. The summed E-state index contributed by atoms with van der Waals surface area (Å²) in [5, 5.41) is 13.4. The molecule has 1 fully saturated rings. The second-order valence-electron chi connectivity index (χ2n) is 4.84. The van der Waals surface area contributed by atoms with E-state index in [2.05, 4.69) is 10.2 Å². The first-order valence-corrected chi connectivity index (χ1v) is 6.49. The monoisotopic (exact) mass is 272 g/mol. The van der Waals surface area contributed by atoms with Gasteiger partial charge in [0.15, 0.2) is 0 Å². The van der Waals surface area contributed by atoms with Crippen molar-refractivity contribution in [3.63, 3.8) is 0 Å². The predicted molar refractivity (Wildman–Crippen MR) is 71.7 cm³/mol. The Bertz CT molecular complexity index is 419. The average molecular weight is 273 g/mol. The molecule has 1 saturated heterocycles. The first-order chi connectivity index (χ1) is 8.54. The largest absolute Gasteiger partial charge is 0.388 e. The van der Waals surface area contributed by atoms with E-state index in [1.807, 2.05) is 7.05 Å². The van der Waals surface area contributed by atoms with Crippen molar-refractivity contribution in [3.05, 3.63) is 29.0 Å². The van der Waals surface area contributed by atoms with Gasteiger partial charge in [0.05, 0.1) is 10.6 Å². The second-order valence-corrected chi connectivity index (χ2v) is 5.25. The lowest BCUT2D eigenvalue weighted by Gasteiger charge is -2.39. The summed E-state index contributed by atoms with van der Waals surface area (Å²) in [5.74, 6) is -0.399. The Labute approximate surface area is 112 Å². The fourth-order valence-electron chi connectivity index (χ4n) is 2.37. The molecule has 3 nitrogen and oxygen atoms in total. The van der Waals surface area contributed by atoms with Crippen LogP contribution in [0.4, 0.5) is 10.1 Å². The lowest BCUT2D eigenvalue weighted by atomic mass is 9.91. The maximum absolute atomic E-state index is 13.1. The van der Waals surface area contributed by atoms with Gasteiger partial charge in [0, 0.05) is 25.3 Å². The fraction of sp³-hybridized carbons (Fsp3) is 0.538. The molecule has 0 saturated carbocycles. The molecule has 1 aliphatic rings. The van der Waals surface area contributed by atoms with Gasteiger partial charge in [0.25, 0.3) is 0 Å². The van der Waals surface area contributed by atoms with Crippen molar-refractivity contribution in [3.8, 4) is 0 Å². The number of anilines is 1. The van der Waals surface area contributed by atoms with E-state index in [0.29, 0.717) is 19.4 Å². The quantitative estimate of drug-likeness (QED) is 0.884. The smallest absolute Gasteiger partial charge is 0.141 e. The molecule has 2 rings (SSSR count). The summed E-state index contributed by atoms with van der Waals surface area (Å²) in [5.41, 5.74) is 0.280. The summed E-state index contributed by atoms with van der Waals surface area (Å²) < 4.78 is 13.1. The molecule has 0 bridgehead atoms. The molecule has 2 N–H and O–H groups in total.